The van der Waals surface area contributed by atoms with Gasteiger partial charge in [0.15, 0.2) is 0 Å². The largest absolute Gasteiger partial charge is 0.476 e. The Morgan fingerprint density at radius 1 is 1.00 bits per heavy atom. The zero-order valence-corrected chi connectivity index (χ0v) is 15.1. The van der Waals surface area contributed by atoms with E-state index in [2.05, 4.69) is 34.0 Å². The highest BCUT2D eigenvalue weighted by atomic mass is 16.5. The lowest BCUT2D eigenvalue weighted by Gasteiger charge is -2.23. The Morgan fingerprint density at radius 3 is 2.24 bits per heavy atom. The second-order valence-electron chi connectivity index (χ2n) is 5.69. The molecule has 0 aliphatic rings. The van der Waals surface area contributed by atoms with E-state index >= 15 is 0 Å². The summed E-state index contributed by atoms with van der Waals surface area (Å²) >= 11 is 0. The lowest BCUT2D eigenvalue weighted by molar-refractivity contribution is 0.125. The standard InChI is InChI=1S/C19H28N4O2/c1-3-17(15-24-18-9-5-7-11-21-18)20-13-14-23(4-2)16-25-19-10-6-8-12-22-19/h5-12,17,20H,3-4,13-16H2,1-2H3. The van der Waals surface area contributed by atoms with Gasteiger partial charge in [0.05, 0.1) is 0 Å². The van der Waals surface area contributed by atoms with Crippen molar-refractivity contribution in [1.29, 1.82) is 0 Å². The summed E-state index contributed by atoms with van der Waals surface area (Å²) in [6.45, 7) is 8.15. The molecule has 25 heavy (non-hydrogen) atoms. The topological polar surface area (TPSA) is 59.5 Å². The quantitative estimate of drug-likeness (QED) is 0.597. The summed E-state index contributed by atoms with van der Waals surface area (Å²) in [6, 6.07) is 11.7. The van der Waals surface area contributed by atoms with Gasteiger partial charge in [0.25, 0.3) is 0 Å². The summed E-state index contributed by atoms with van der Waals surface area (Å²) in [4.78, 5) is 10.6. The molecule has 0 radical (unpaired) electrons. The average Bonchev–Trinajstić information content (AvgIpc) is 2.68. The predicted molar refractivity (Wildman–Crippen MR) is 98.8 cm³/mol. The van der Waals surface area contributed by atoms with Crippen LogP contribution in [0.25, 0.3) is 0 Å². The molecule has 0 amide bonds. The molecule has 0 bridgehead atoms. The molecule has 0 saturated carbocycles. The second-order valence-corrected chi connectivity index (χ2v) is 5.69. The van der Waals surface area contributed by atoms with Gasteiger partial charge in [-0.1, -0.05) is 26.0 Å². The first-order chi connectivity index (χ1) is 12.3. The van der Waals surface area contributed by atoms with Crippen molar-refractivity contribution in [1.82, 2.24) is 20.2 Å². The fourth-order valence-electron chi connectivity index (χ4n) is 2.27. The molecular formula is C19H28N4O2. The van der Waals surface area contributed by atoms with Crippen LogP contribution < -0.4 is 14.8 Å². The van der Waals surface area contributed by atoms with Gasteiger partial charge >= 0.3 is 0 Å². The minimum Gasteiger partial charge on any atom is -0.476 e. The van der Waals surface area contributed by atoms with Gasteiger partial charge < -0.3 is 14.8 Å². The van der Waals surface area contributed by atoms with E-state index in [-0.39, 0.29) is 0 Å². The van der Waals surface area contributed by atoms with E-state index in [1.807, 2.05) is 36.4 Å². The van der Waals surface area contributed by atoms with E-state index in [9.17, 15) is 0 Å². The minimum absolute atomic E-state index is 0.303. The molecule has 6 nitrogen and oxygen atoms in total. The lowest BCUT2D eigenvalue weighted by atomic mass is 10.2. The van der Waals surface area contributed by atoms with E-state index in [4.69, 9.17) is 9.47 Å². The molecular weight excluding hydrogens is 316 g/mol. The molecule has 136 valence electrons. The zero-order chi connectivity index (χ0) is 17.7. The maximum absolute atomic E-state index is 5.73. The number of hydrogen-bond acceptors (Lipinski definition) is 6. The van der Waals surface area contributed by atoms with Crippen molar-refractivity contribution in [3.05, 3.63) is 48.8 Å². The number of nitrogens with zero attached hydrogens (tertiary/aromatic N) is 3. The van der Waals surface area contributed by atoms with Crippen LogP contribution in [-0.2, 0) is 0 Å². The molecule has 0 aliphatic heterocycles. The highest BCUT2D eigenvalue weighted by Gasteiger charge is 2.09. The molecule has 1 N–H and O–H groups in total. The van der Waals surface area contributed by atoms with Crippen LogP contribution in [0.5, 0.6) is 11.8 Å². The normalized spacial score (nSPS) is 12.1. The zero-order valence-electron chi connectivity index (χ0n) is 15.1. The van der Waals surface area contributed by atoms with Crippen LogP contribution in [0.2, 0.25) is 0 Å². The SMILES string of the molecule is CCC(COc1ccccn1)NCCN(CC)COc1ccccn1. The molecule has 0 aromatic carbocycles. The first-order valence-electron chi connectivity index (χ1n) is 8.85. The van der Waals surface area contributed by atoms with Crippen LogP contribution in [0.1, 0.15) is 20.3 Å². The Hall–Kier alpha value is -2.18. The van der Waals surface area contributed by atoms with Crippen molar-refractivity contribution in [2.24, 2.45) is 0 Å². The van der Waals surface area contributed by atoms with E-state index in [1.54, 1.807) is 12.4 Å². The van der Waals surface area contributed by atoms with Crippen LogP contribution >= 0.6 is 0 Å². The summed E-state index contributed by atoms with van der Waals surface area (Å²) < 4.78 is 11.4. The molecule has 0 spiro atoms. The highest BCUT2D eigenvalue weighted by molar-refractivity contribution is 5.09. The second kappa shape index (κ2) is 11.4. The Labute approximate surface area is 150 Å². The van der Waals surface area contributed by atoms with Gasteiger partial charge in [-0.3, -0.25) is 4.90 Å². The summed E-state index contributed by atoms with van der Waals surface area (Å²) in [5.74, 6) is 1.32. The molecule has 0 aliphatic carbocycles. The van der Waals surface area contributed by atoms with Crippen LogP contribution in [0.4, 0.5) is 0 Å². The van der Waals surface area contributed by atoms with E-state index in [1.165, 1.54) is 0 Å². The molecule has 2 aromatic heterocycles. The first kappa shape index (κ1) is 19.1. The Kier molecular flexibility index (Phi) is 8.72. The van der Waals surface area contributed by atoms with Crippen molar-refractivity contribution in [3.8, 4) is 11.8 Å². The van der Waals surface area contributed by atoms with Crippen LogP contribution in [0, 0.1) is 0 Å². The van der Waals surface area contributed by atoms with Crippen molar-refractivity contribution < 1.29 is 9.47 Å². The fourth-order valence-corrected chi connectivity index (χ4v) is 2.27. The third-order valence-corrected chi connectivity index (χ3v) is 3.90. The molecule has 0 fully saturated rings. The van der Waals surface area contributed by atoms with Gasteiger partial charge in [0.2, 0.25) is 11.8 Å². The minimum atomic E-state index is 0.303. The maximum atomic E-state index is 5.73. The number of ether oxygens (including phenoxy) is 2. The number of hydrogen-bond donors (Lipinski definition) is 1. The highest BCUT2D eigenvalue weighted by Crippen LogP contribution is 2.05. The summed E-state index contributed by atoms with van der Waals surface area (Å²) in [7, 11) is 0. The average molecular weight is 344 g/mol. The van der Waals surface area contributed by atoms with Crippen LogP contribution in [-0.4, -0.2) is 53.9 Å². The predicted octanol–water partition coefficient (Wildman–Crippen LogP) is 2.58. The Bertz CT molecular complexity index is 517. The number of aromatic nitrogens is 2. The third kappa shape index (κ3) is 7.49. The summed E-state index contributed by atoms with van der Waals surface area (Å²) in [6.07, 6.45) is 4.48. The molecule has 2 aromatic rings. The molecule has 2 rings (SSSR count). The number of rotatable bonds is 12. The van der Waals surface area contributed by atoms with Gasteiger partial charge in [-0.2, -0.15) is 0 Å². The van der Waals surface area contributed by atoms with Crippen molar-refractivity contribution >= 4 is 0 Å². The molecule has 2 heterocycles. The smallest absolute Gasteiger partial charge is 0.214 e. The van der Waals surface area contributed by atoms with E-state index in [0.29, 0.717) is 31.1 Å². The molecule has 1 unspecified atom stereocenters. The fraction of sp³-hybridized carbons (Fsp3) is 0.474. The summed E-state index contributed by atoms with van der Waals surface area (Å²) in [5.41, 5.74) is 0. The van der Waals surface area contributed by atoms with Crippen molar-refractivity contribution in [2.75, 3.05) is 33.0 Å². The van der Waals surface area contributed by atoms with Gasteiger partial charge in [0.1, 0.15) is 13.3 Å². The number of likely N-dealkylation sites (N-methyl/N-ethyl adjacent to an activating group) is 1. The van der Waals surface area contributed by atoms with Gasteiger partial charge in [-0.25, -0.2) is 9.97 Å². The van der Waals surface area contributed by atoms with Gasteiger partial charge in [-0.05, 0) is 25.1 Å². The van der Waals surface area contributed by atoms with Crippen molar-refractivity contribution in [3.63, 3.8) is 0 Å². The first-order valence-corrected chi connectivity index (χ1v) is 8.85. The van der Waals surface area contributed by atoms with Gasteiger partial charge in [-0.15, -0.1) is 0 Å². The Morgan fingerprint density at radius 2 is 1.68 bits per heavy atom. The molecule has 0 saturated heterocycles. The Balaban J connectivity index is 1.65. The monoisotopic (exact) mass is 344 g/mol. The van der Waals surface area contributed by atoms with Crippen molar-refractivity contribution in [2.45, 2.75) is 26.3 Å². The lowest BCUT2D eigenvalue weighted by Crippen LogP contribution is -2.40. The maximum Gasteiger partial charge on any atom is 0.214 e. The van der Waals surface area contributed by atoms with Crippen LogP contribution in [0.15, 0.2) is 48.8 Å². The number of pyridine rings is 2. The van der Waals surface area contributed by atoms with Gasteiger partial charge in [0, 0.05) is 43.7 Å². The molecule has 1 atom stereocenters. The third-order valence-electron chi connectivity index (χ3n) is 3.90. The van der Waals surface area contributed by atoms with E-state index in [0.717, 1.165) is 26.1 Å². The molecule has 6 heteroatoms. The van der Waals surface area contributed by atoms with Crippen LogP contribution in [0.3, 0.4) is 0 Å². The summed E-state index contributed by atoms with van der Waals surface area (Å²) in [5, 5.41) is 3.54. The number of nitrogens with one attached hydrogen (secondary N) is 1. The van der Waals surface area contributed by atoms with E-state index < -0.39 is 0 Å².